The molecule has 0 aliphatic heterocycles. The third-order valence-corrected chi connectivity index (χ3v) is 2.98. The van der Waals surface area contributed by atoms with Gasteiger partial charge in [-0.3, -0.25) is 5.10 Å². The molecular weight excluding hydrogens is 248 g/mol. The number of nitrogens with zero attached hydrogens (tertiary/aromatic N) is 1. The van der Waals surface area contributed by atoms with Crippen molar-refractivity contribution in [3.05, 3.63) is 18.0 Å². The fraction of sp³-hybridized carbons (Fsp3) is 0.583. The molecule has 4 N–H and O–H groups in total. The van der Waals surface area contributed by atoms with Crippen molar-refractivity contribution in [3.8, 4) is 0 Å². The Bertz CT molecular complexity index is 432. The maximum Gasteiger partial charge on any atom is 0.329 e. The first-order valence-electron chi connectivity index (χ1n) is 6.20. The summed E-state index contributed by atoms with van der Waals surface area (Å²) in [5, 5.41) is 20.8. The van der Waals surface area contributed by atoms with E-state index < -0.39 is 17.5 Å². The SMILES string of the molecule is CCCC(C)(NC(=O)NC(C)c1cn[nH]c1)C(=O)O. The van der Waals surface area contributed by atoms with E-state index in [4.69, 9.17) is 0 Å². The largest absolute Gasteiger partial charge is 0.480 e. The van der Waals surface area contributed by atoms with Crippen LogP contribution >= 0.6 is 0 Å². The van der Waals surface area contributed by atoms with Gasteiger partial charge >= 0.3 is 12.0 Å². The monoisotopic (exact) mass is 268 g/mol. The summed E-state index contributed by atoms with van der Waals surface area (Å²) in [6.45, 7) is 5.16. The molecule has 106 valence electrons. The van der Waals surface area contributed by atoms with Crippen LogP contribution in [0.15, 0.2) is 12.4 Å². The number of H-pyrrole nitrogens is 1. The number of aliphatic carboxylic acids is 1. The average molecular weight is 268 g/mol. The Morgan fingerprint density at radius 3 is 2.74 bits per heavy atom. The zero-order valence-corrected chi connectivity index (χ0v) is 11.4. The van der Waals surface area contributed by atoms with Crippen molar-refractivity contribution in [3.63, 3.8) is 0 Å². The zero-order valence-electron chi connectivity index (χ0n) is 11.4. The van der Waals surface area contributed by atoms with Gasteiger partial charge < -0.3 is 15.7 Å². The fourth-order valence-corrected chi connectivity index (χ4v) is 1.79. The van der Waals surface area contributed by atoms with Gasteiger partial charge in [-0.1, -0.05) is 13.3 Å². The van der Waals surface area contributed by atoms with Crippen LogP contribution in [0.5, 0.6) is 0 Å². The second-order valence-electron chi connectivity index (χ2n) is 4.74. The van der Waals surface area contributed by atoms with Gasteiger partial charge in [-0.2, -0.15) is 5.10 Å². The molecular formula is C12H20N4O3. The lowest BCUT2D eigenvalue weighted by Crippen LogP contribution is -2.55. The molecule has 0 saturated carbocycles. The highest BCUT2D eigenvalue weighted by Gasteiger charge is 2.34. The number of aromatic amines is 1. The van der Waals surface area contributed by atoms with Crippen LogP contribution in [-0.4, -0.2) is 32.8 Å². The number of carbonyl (C=O) groups excluding carboxylic acids is 1. The van der Waals surface area contributed by atoms with E-state index in [0.29, 0.717) is 12.8 Å². The first-order valence-corrected chi connectivity index (χ1v) is 6.20. The minimum atomic E-state index is -1.26. The van der Waals surface area contributed by atoms with Crippen molar-refractivity contribution in [2.24, 2.45) is 0 Å². The Morgan fingerprint density at radius 2 is 2.26 bits per heavy atom. The quantitative estimate of drug-likeness (QED) is 0.625. The summed E-state index contributed by atoms with van der Waals surface area (Å²) in [4.78, 5) is 23.0. The maximum atomic E-state index is 11.8. The third-order valence-electron chi connectivity index (χ3n) is 2.98. The summed E-state index contributed by atoms with van der Waals surface area (Å²) < 4.78 is 0. The van der Waals surface area contributed by atoms with Gasteiger partial charge in [0.25, 0.3) is 0 Å². The van der Waals surface area contributed by atoms with Gasteiger partial charge in [0.15, 0.2) is 0 Å². The number of carboxylic acids is 1. The second kappa shape index (κ2) is 6.21. The van der Waals surface area contributed by atoms with Crippen molar-refractivity contribution >= 4 is 12.0 Å². The molecule has 0 aliphatic carbocycles. The number of urea groups is 1. The standard InChI is InChI=1S/C12H20N4O3/c1-4-5-12(3,10(17)18)16-11(19)15-8(2)9-6-13-14-7-9/h6-8H,4-5H2,1-3H3,(H,13,14)(H,17,18)(H2,15,16,19). The van der Waals surface area contributed by atoms with Crippen LogP contribution in [0.4, 0.5) is 4.79 Å². The molecule has 0 aromatic carbocycles. The highest BCUT2D eigenvalue weighted by molar-refractivity contribution is 5.85. The fourth-order valence-electron chi connectivity index (χ4n) is 1.79. The van der Waals surface area contributed by atoms with E-state index in [1.165, 1.54) is 6.92 Å². The number of rotatable bonds is 6. The van der Waals surface area contributed by atoms with Gasteiger partial charge in [0, 0.05) is 11.8 Å². The summed E-state index contributed by atoms with van der Waals surface area (Å²) in [5.41, 5.74) is -0.433. The molecule has 7 heteroatoms. The van der Waals surface area contributed by atoms with Crippen LogP contribution in [0, 0.1) is 0 Å². The Labute approximate surface area is 111 Å². The Morgan fingerprint density at radius 1 is 1.58 bits per heavy atom. The van der Waals surface area contributed by atoms with Crippen LogP contribution in [0.2, 0.25) is 0 Å². The van der Waals surface area contributed by atoms with E-state index in [-0.39, 0.29) is 6.04 Å². The number of amides is 2. The summed E-state index contributed by atoms with van der Waals surface area (Å²) in [6, 6.07) is -0.759. The van der Waals surface area contributed by atoms with E-state index in [2.05, 4.69) is 20.8 Å². The van der Waals surface area contributed by atoms with E-state index in [1.807, 2.05) is 6.92 Å². The summed E-state index contributed by atoms with van der Waals surface area (Å²) in [5.74, 6) is -1.04. The highest BCUT2D eigenvalue weighted by atomic mass is 16.4. The maximum absolute atomic E-state index is 11.8. The normalized spacial score (nSPS) is 15.3. The van der Waals surface area contributed by atoms with Crippen molar-refractivity contribution in [2.75, 3.05) is 0 Å². The topological polar surface area (TPSA) is 107 Å². The lowest BCUT2D eigenvalue weighted by molar-refractivity contribution is -0.144. The molecule has 19 heavy (non-hydrogen) atoms. The van der Waals surface area contributed by atoms with Gasteiger partial charge in [-0.25, -0.2) is 9.59 Å². The van der Waals surface area contributed by atoms with Crippen LogP contribution in [0.3, 0.4) is 0 Å². The lowest BCUT2D eigenvalue weighted by atomic mass is 9.96. The molecule has 0 bridgehead atoms. The Kier molecular flexibility index (Phi) is 4.91. The average Bonchev–Trinajstić information content (AvgIpc) is 2.81. The van der Waals surface area contributed by atoms with Gasteiger partial charge in [0.05, 0.1) is 12.2 Å². The third kappa shape index (κ3) is 3.97. The number of hydrogen-bond acceptors (Lipinski definition) is 3. The Balaban J connectivity index is 2.61. The van der Waals surface area contributed by atoms with Gasteiger partial charge in [0.1, 0.15) is 5.54 Å². The number of hydrogen-bond donors (Lipinski definition) is 4. The molecule has 2 atom stereocenters. The van der Waals surface area contributed by atoms with Gasteiger partial charge in [0.2, 0.25) is 0 Å². The van der Waals surface area contributed by atoms with Crippen molar-refractivity contribution in [2.45, 2.75) is 45.2 Å². The number of aromatic nitrogens is 2. The van der Waals surface area contributed by atoms with E-state index in [1.54, 1.807) is 19.3 Å². The summed E-state index contributed by atoms with van der Waals surface area (Å²) in [6.07, 6.45) is 4.32. The lowest BCUT2D eigenvalue weighted by Gasteiger charge is -2.26. The zero-order chi connectivity index (χ0) is 14.5. The number of carbonyl (C=O) groups is 2. The first kappa shape index (κ1) is 15.0. The molecule has 0 radical (unpaired) electrons. The number of nitrogens with one attached hydrogen (secondary N) is 3. The molecule has 0 spiro atoms. The summed E-state index contributed by atoms with van der Waals surface area (Å²) >= 11 is 0. The number of carboxylic acid groups (broad SMARTS) is 1. The molecule has 1 heterocycles. The second-order valence-corrected chi connectivity index (χ2v) is 4.74. The molecule has 1 aromatic rings. The minimum absolute atomic E-state index is 0.251. The smallest absolute Gasteiger partial charge is 0.329 e. The minimum Gasteiger partial charge on any atom is -0.480 e. The molecule has 1 rings (SSSR count). The van der Waals surface area contributed by atoms with Crippen LogP contribution in [-0.2, 0) is 4.79 Å². The Hall–Kier alpha value is -2.05. The molecule has 0 fully saturated rings. The molecule has 0 saturated heterocycles. The van der Waals surface area contributed by atoms with Crippen LogP contribution in [0.25, 0.3) is 0 Å². The van der Waals surface area contributed by atoms with E-state index >= 15 is 0 Å². The molecule has 1 aromatic heterocycles. The molecule has 0 aliphatic rings. The van der Waals surface area contributed by atoms with E-state index in [0.717, 1.165) is 5.56 Å². The van der Waals surface area contributed by atoms with Crippen LogP contribution < -0.4 is 10.6 Å². The van der Waals surface area contributed by atoms with Gasteiger partial charge in [-0.15, -0.1) is 0 Å². The predicted molar refractivity (Wildman–Crippen MR) is 69.6 cm³/mol. The molecule has 7 nitrogen and oxygen atoms in total. The van der Waals surface area contributed by atoms with Crippen molar-refractivity contribution in [1.82, 2.24) is 20.8 Å². The highest BCUT2D eigenvalue weighted by Crippen LogP contribution is 2.13. The first-order chi connectivity index (χ1) is 8.89. The van der Waals surface area contributed by atoms with E-state index in [9.17, 15) is 14.7 Å². The molecule has 2 amide bonds. The van der Waals surface area contributed by atoms with Crippen LogP contribution in [0.1, 0.15) is 45.2 Å². The molecule has 2 unspecified atom stereocenters. The van der Waals surface area contributed by atoms with Crippen molar-refractivity contribution < 1.29 is 14.7 Å². The predicted octanol–water partition coefficient (Wildman–Crippen LogP) is 1.41. The van der Waals surface area contributed by atoms with Gasteiger partial charge in [-0.05, 0) is 20.3 Å². The van der Waals surface area contributed by atoms with Crippen molar-refractivity contribution in [1.29, 1.82) is 0 Å². The summed E-state index contributed by atoms with van der Waals surface area (Å²) in [7, 11) is 0.